The minimum absolute atomic E-state index is 0.0688. The fourth-order valence-electron chi connectivity index (χ4n) is 8.71. The third kappa shape index (κ3) is 17.4. The Morgan fingerprint density at radius 1 is 0.535 bits per heavy atom. The van der Waals surface area contributed by atoms with Gasteiger partial charge in [-0.1, -0.05) is 124 Å². The Balaban J connectivity index is 1.43. The van der Waals surface area contributed by atoms with Gasteiger partial charge in [-0.2, -0.15) is 0 Å². The molecule has 6 N–H and O–H groups in total. The topological polar surface area (TPSA) is 215 Å². The monoisotopic (exact) mass is 968 g/mol. The molecule has 0 fully saturated rings. The van der Waals surface area contributed by atoms with Crippen molar-refractivity contribution in [3.05, 3.63) is 144 Å². The number of carbonyl (C=O) groups is 5. The molecule has 0 radical (unpaired) electrons. The summed E-state index contributed by atoms with van der Waals surface area (Å²) in [5.74, 6) is -2.14. The Morgan fingerprint density at radius 2 is 0.944 bits per heavy atom. The average molecular weight is 969 g/mol. The number of amides is 2. The van der Waals surface area contributed by atoms with E-state index in [1.807, 2.05) is 54.6 Å². The van der Waals surface area contributed by atoms with E-state index in [0.29, 0.717) is 68.8 Å². The summed E-state index contributed by atoms with van der Waals surface area (Å²) in [6.45, 7) is 11.5. The van der Waals surface area contributed by atoms with Crippen molar-refractivity contribution in [1.82, 2.24) is 20.4 Å². The molecule has 0 aliphatic heterocycles. The summed E-state index contributed by atoms with van der Waals surface area (Å²) in [4.78, 5) is 64.5. The standard InChI is InChI=1S/C54H66B2N4O11/c1-4-53(64)70-37-51(62)57-28-16-6-8-18-30-59(33-41-20-10-14-24-49(41)55(66)67)35-47-43-22-12-13-23-44(43)48(46-32-40(39(3)61)26-27-45(46)47)36-60(34-42-21-11-15-25-50(42)56(68)69)31-19-9-7-17-29-58-52(63)38-71-54(65)5-2/h4-5,10-15,20-27,32,66-69H,1-2,6-9,16-19,28-31,33-38H2,3H3,(H,57,62)(H,58,63). The number of Topliss-reactive ketones (excluding diaryl/α,β-unsaturated/α-hetero) is 1. The average Bonchev–Trinajstić information content (AvgIpc) is 3.37. The molecule has 5 rings (SSSR count). The second-order valence-corrected chi connectivity index (χ2v) is 17.5. The highest BCUT2D eigenvalue weighted by Gasteiger charge is 2.23. The molecule has 15 nitrogen and oxygen atoms in total. The van der Waals surface area contributed by atoms with Gasteiger partial charge in [-0.05, 0) is 106 Å². The van der Waals surface area contributed by atoms with Gasteiger partial charge in [0, 0.05) is 57.0 Å². The molecule has 0 saturated heterocycles. The Bertz CT molecular complexity index is 2620. The van der Waals surface area contributed by atoms with Crippen LogP contribution in [0.5, 0.6) is 0 Å². The van der Waals surface area contributed by atoms with E-state index >= 15 is 0 Å². The smallest absolute Gasteiger partial charge is 0.452 e. The number of unbranched alkanes of at least 4 members (excludes halogenated alkanes) is 6. The van der Waals surface area contributed by atoms with E-state index in [1.165, 1.54) is 0 Å². The van der Waals surface area contributed by atoms with Crippen LogP contribution in [0.2, 0.25) is 0 Å². The van der Waals surface area contributed by atoms with E-state index in [-0.39, 0.29) is 30.8 Å². The number of fused-ring (bicyclic) bond motifs is 2. The zero-order valence-corrected chi connectivity index (χ0v) is 40.7. The first kappa shape index (κ1) is 55.5. The number of benzene rings is 5. The van der Waals surface area contributed by atoms with Crippen LogP contribution in [0.1, 0.15) is 90.9 Å². The molecule has 0 aliphatic rings. The Labute approximate surface area is 416 Å². The normalized spacial score (nSPS) is 11.1. The lowest BCUT2D eigenvalue weighted by Gasteiger charge is -2.28. The summed E-state index contributed by atoms with van der Waals surface area (Å²) in [6, 6.07) is 28.7. The predicted molar refractivity (Wildman–Crippen MR) is 277 cm³/mol. The molecule has 0 spiro atoms. The summed E-state index contributed by atoms with van der Waals surface area (Å²) in [6.07, 6.45) is 8.50. The molecule has 0 saturated carbocycles. The molecule has 0 aromatic heterocycles. The molecule has 5 aromatic carbocycles. The lowest BCUT2D eigenvalue weighted by molar-refractivity contribution is -0.143. The molecule has 5 aromatic rings. The number of carbonyl (C=O) groups excluding carboxylic acids is 5. The molecule has 0 heterocycles. The highest BCUT2D eigenvalue weighted by molar-refractivity contribution is 6.59. The van der Waals surface area contributed by atoms with Gasteiger partial charge in [-0.3, -0.25) is 24.2 Å². The summed E-state index contributed by atoms with van der Waals surface area (Å²) in [5.41, 5.74) is 5.06. The van der Waals surface area contributed by atoms with Crippen molar-refractivity contribution in [2.24, 2.45) is 0 Å². The van der Waals surface area contributed by atoms with Crippen LogP contribution in [0.15, 0.2) is 116 Å². The Kier molecular flexibility index (Phi) is 22.7. The van der Waals surface area contributed by atoms with Crippen molar-refractivity contribution in [1.29, 1.82) is 0 Å². The third-order valence-electron chi connectivity index (χ3n) is 12.3. The van der Waals surface area contributed by atoms with E-state index in [0.717, 1.165) is 107 Å². The maximum absolute atomic E-state index is 13.1. The number of rotatable bonds is 31. The fourth-order valence-corrected chi connectivity index (χ4v) is 8.71. The zero-order valence-electron chi connectivity index (χ0n) is 40.7. The van der Waals surface area contributed by atoms with Crippen LogP contribution in [-0.4, -0.2) is 113 Å². The van der Waals surface area contributed by atoms with Crippen molar-refractivity contribution in [2.45, 2.75) is 84.5 Å². The molecule has 374 valence electrons. The Hall–Kier alpha value is -6.46. The van der Waals surface area contributed by atoms with E-state index in [4.69, 9.17) is 9.47 Å². The lowest BCUT2D eigenvalue weighted by Crippen LogP contribution is -2.36. The van der Waals surface area contributed by atoms with Gasteiger partial charge in [0.05, 0.1) is 0 Å². The predicted octanol–water partition coefficient (Wildman–Crippen LogP) is 4.37. The van der Waals surface area contributed by atoms with E-state index < -0.39 is 26.2 Å². The second kappa shape index (κ2) is 29.0. The molecule has 71 heavy (non-hydrogen) atoms. The largest absolute Gasteiger partial charge is 0.488 e. The molecule has 2 amide bonds. The summed E-state index contributed by atoms with van der Waals surface area (Å²) < 4.78 is 9.62. The van der Waals surface area contributed by atoms with Crippen LogP contribution in [0.4, 0.5) is 0 Å². The number of hydrogen-bond acceptors (Lipinski definition) is 13. The SMILES string of the molecule is C=CC(=O)OCC(=O)NCCCCCCN(Cc1ccccc1B(O)O)Cc1c2ccccc2c(CN(CCCCCCNC(=O)COC(=O)C=C)Cc2ccccc2B(O)O)c2cc(C(C)=O)ccc12. The van der Waals surface area contributed by atoms with Gasteiger partial charge in [-0.15, -0.1) is 0 Å². The minimum atomic E-state index is -1.66. The van der Waals surface area contributed by atoms with Crippen molar-refractivity contribution < 1.29 is 53.5 Å². The van der Waals surface area contributed by atoms with Gasteiger partial charge >= 0.3 is 26.2 Å². The van der Waals surface area contributed by atoms with Crippen molar-refractivity contribution in [3.8, 4) is 0 Å². The van der Waals surface area contributed by atoms with Crippen LogP contribution in [-0.2, 0) is 54.8 Å². The maximum Gasteiger partial charge on any atom is 0.488 e. The number of esters is 2. The highest BCUT2D eigenvalue weighted by Crippen LogP contribution is 2.36. The summed E-state index contributed by atoms with van der Waals surface area (Å²) in [7, 11) is -3.31. The van der Waals surface area contributed by atoms with Gasteiger partial charge in [0.2, 0.25) is 0 Å². The van der Waals surface area contributed by atoms with E-state index in [1.54, 1.807) is 31.2 Å². The molecular weight excluding hydrogens is 902 g/mol. The van der Waals surface area contributed by atoms with Crippen molar-refractivity contribution in [3.63, 3.8) is 0 Å². The van der Waals surface area contributed by atoms with Crippen LogP contribution < -0.4 is 21.6 Å². The van der Waals surface area contributed by atoms with Crippen LogP contribution in [0.3, 0.4) is 0 Å². The minimum Gasteiger partial charge on any atom is -0.452 e. The fraction of sp³-hybridized carbons (Fsp3) is 0.352. The van der Waals surface area contributed by atoms with Crippen molar-refractivity contribution >= 4 is 76.2 Å². The first-order valence-electron chi connectivity index (χ1n) is 24.2. The molecular formula is C54H66B2N4O11. The van der Waals surface area contributed by atoms with Gasteiger partial charge in [0.25, 0.3) is 11.8 Å². The van der Waals surface area contributed by atoms with Crippen LogP contribution in [0.25, 0.3) is 21.5 Å². The molecule has 0 bridgehead atoms. The molecule has 0 unspecified atom stereocenters. The second-order valence-electron chi connectivity index (χ2n) is 17.5. The molecule has 17 heteroatoms. The molecule has 0 aliphatic carbocycles. The van der Waals surface area contributed by atoms with Crippen molar-refractivity contribution in [2.75, 3.05) is 39.4 Å². The first-order chi connectivity index (χ1) is 34.3. The van der Waals surface area contributed by atoms with Crippen LogP contribution in [0, 0.1) is 0 Å². The van der Waals surface area contributed by atoms with E-state index in [9.17, 15) is 44.1 Å². The zero-order chi connectivity index (χ0) is 51.1. The number of hydrogen-bond donors (Lipinski definition) is 6. The van der Waals surface area contributed by atoms with E-state index in [2.05, 4.69) is 45.7 Å². The number of ether oxygens (including phenoxy) is 2. The quantitative estimate of drug-likeness (QED) is 0.00911. The lowest BCUT2D eigenvalue weighted by atomic mass is 9.77. The molecule has 0 atom stereocenters. The van der Waals surface area contributed by atoms with Gasteiger partial charge in [0.15, 0.2) is 19.0 Å². The third-order valence-corrected chi connectivity index (χ3v) is 12.3. The maximum atomic E-state index is 13.1. The van der Waals surface area contributed by atoms with Gasteiger partial charge in [0.1, 0.15) is 0 Å². The number of nitrogens with one attached hydrogen (secondary N) is 2. The summed E-state index contributed by atoms with van der Waals surface area (Å²) >= 11 is 0. The number of ketones is 1. The van der Waals surface area contributed by atoms with Gasteiger partial charge in [-0.25, -0.2) is 9.59 Å². The Morgan fingerprint density at radius 3 is 1.38 bits per heavy atom. The van der Waals surface area contributed by atoms with Crippen LogP contribution >= 0.6 is 0 Å². The highest BCUT2D eigenvalue weighted by atomic mass is 16.5. The number of nitrogens with zero attached hydrogens (tertiary/aromatic N) is 2. The van der Waals surface area contributed by atoms with Gasteiger partial charge < -0.3 is 40.2 Å². The first-order valence-corrected chi connectivity index (χ1v) is 24.2. The summed E-state index contributed by atoms with van der Waals surface area (Å²) in [5, 5.41) is 51.0.